The molecule has 0 aromatic carbocycles. The van der Waals surface area contributed by atoms with Crippen molar-refractivity contribution in [3.05, 3.63) is 18.0 Å². The SMILES string of the molecule is CCC(C)(C)C1CCC(CN)C(n2ccc(C)n2)C1. The quantitative estimate of drug-likeness (QED) is 0.903. The minimum atomic E-state index is 0.431. The predicted octanol–water partition coefficient (Wildman–Crippen LogP) is 3.54. The van der Waals surface area contributed by atoms with E-state index in [1.807, 2.05) is 0 Å². The summed E-state index contributed by atoms with van der Waals surface area (Å²) in [6, 6.07) is 2.59. The third kappa shape index (κ3) is 3.02. The zero-order chi connectivity index (χ0) is 14.0. The van der Waals surface area contributed by atoms with Crippen LogP contribution in [0.1, 0.15) is 58.2 Å². The first-order chi connectivity index (χ1) is 8.97. The molecule has 1 aliphatic carbocycles. The summed E-state index contributed by atoms with van der Waals surface area (Å²) in [5, 5.41) is 4.64. The molecule has 0 saturated heterocycles. The molecule has 0 radical (unpaired) electrons. The summed E-state index contributed by atoms with van der Waals surface area (Å²) in [5.41, 5.74) is 7.52. The van der Waals surface area contributed by atoms with E-state index in [0.29, 0.717) is 17.4 Å². The van der Waals surface area contributed by atoms with Crippen molar-refractivity contribution < 1.29 is 0 Å². The Hall–Kier alpha value is -0.830. The second-order valence-electron chi connectivity index (χ2n) is 6.85. The van der Waals surface area contributed by atoms with Crippen LogP contribution in [-0.4, -0.2) is 16.3 Å². The third-order valence-electron chi connectivity index (χ3n) is 5.36. The fourth-order valence-corrected chi connectivity index (χ4v) is 3.42. The van der Waals surface area contributed by atoms with E-state index in [0.717, 1.165) is 18.2 Å². The molecule has 1 fully saturated rings. The Bertz CT molecular complexity index is 408. The number of nitrogens with zero attached hydrogens (tertiary/aromatic N) is 2. The van der Waals surface area contributed by atoms with Crippen LogP contribution in [0.2, 0.25) is 0 Å². The molecule has 2 rings (SSSR count). The second kappa shape index (κ2) is 5.66. The lowest BCUT2D eigenvalue weighted by molar-refractivity contribution is 0.0849. The Labute approximate surface area is 117 Å². The summed E-state index contributed by atoms with van der Waals surface area (Å²) in [4.78, 5) is 0. The zero-order valence-corrected chi connectivity index (χ0v) is 12.9. The van der Waals surface area contributed by atoms with Gasteiger partial charge in [-0.2, -0.15) is 5.10 Å². The van der Waals surface area contributed by atoms with Gasteiger partial charge in [0.15, 0.2) is 0 Å². The first kappa shape index (κ1) is 14.6. The Morgan fingerprint density at radius 3 is 2.68 bits per heavy atom. The Balaban J connectivity index is 2.18. The molecule has 3 heteroatoms. The lowest BCUT2D eigenvalue weighted by Gasteiger charge is -2.43. The standard InChI is InChI=1S/C16H29N3/c1-5-16(3,4)14-7-6-13(11-17)15(10-14)19-9-8-12(2)18-19/h8-9,13-15H,5-7,10-11,17H2,1-4H3. The molecule has 108 valence electrons. The minimum absolute atomic E-state index is 0.431. The van der Waals surface area contributed by atoms with Crippen LogP contribution in [0.4, 0.5) is 0 Å². The van der Waals surface area contributed by atoms with Crippen molar-refractivity contribution in [2.24, 2.45) is 23.0 Å². The van der Waals surface area contributed by atoms with Crippen LogP contribution in [0.3, 0.4) is 0 Å². The molecule has 3 unspecified atom stereocenters. The topological polar surface area (TPSA) is 43.8 Å². The van der Waals surface area contributed by atoms with Gasteiger partial charge in [0.05, 0.1) is 11.7 Å². The van der Waals surface area contributed by atoms with E-state index in [-0.39, 0.29) is 0 Å². The summed E-state index contributed by atoms with van der Waals surface area (Å²) in [6.45, 7) is 9.97. The molecule has 1 heterocycles. The number of nitrogens with two attached hydrogens (primary N) is 1. The van der Waals surface area contributed by atoms with Crippen LogP contribution >= 0.6 is 0 Å². The fraction of sp³-hybridized carbons (Fsp3) is 0.812. The highest BCUT2D eigenvalue weighted by Crippen LogP contribution is 2.45. The van der Waals surface area contributed by atoms with E-state index < -0.39 is 0 Å². The van der Waals surface area contributed by atoms with Crippen molar-refractivity contribution in [3.8, 4) is 0 Å². The first-order valence-electron chi connectivity index (χ1n) is 7.69. The van der Waals surface area contributed by atoms with Crippen molar-refractivity contribution in [2.75, 3.05) is 6.54 Å². The lowest BCUT2D eigenvalue weighted by atomic mass is 9.66. The van der Waals surface area contributed by atoms with Crippen molar-refractivity contribution in [3.63, 3.8) is 0 Å². The van der Waals surface area contributed by atoms with Gasteiger partial charge in [0.25, 0.3) is 0 Å². The van der Waals surface area contributed by atoms with Gasteiger partial charge >= 0.3 is 0 Å². The van der Waals surface area contributed by atoms with Gasteiger partial charge in [-0.05, 0) is 56.0 Å². The number of hydrogen-bond acceptors (Lipinski definition) is 2. The molecular weight excluding hydrogens is 234 g/mol. The van der Waals surface area contributed by atoms with Gasteiger partial charge in [-0.15, -0.1) is 0 Å². The summed E-state index contributed by atoms with van der Waals surface area (Å²) >= 11 is 0. The van der Waals surface area contributed by atoms with E-state index in [2.05, 4.69) is 49.7 Å². The molecule has 1 aromatic rings. The van der Waals surface area contributed by atoms with Gasteiger partial charge in [0, 0.05) is 6.20 Å². The average Bonchev–Trinajstić information content (AvgIpc) is 2.84. The van der Waals surface area contributed by atoms with Crippen molar-refractivity contribution in [2.45, 2.75) is 59.4 Å². The van der Waals surface area contributed by atoms with Crippen LogP contribution in [-0.2, 0) is 0 Å². The van der Waals surface area contributed by atoms with Gasteiger partial charge in [-0.1, -0.05) is 27.2 Å². The predicted molar refractivity (Wildman–Crippen MR) is 80.0 cm³/mol. The van der Waals surface area contributed by atoms with Gasteiger partial charge < -0.3 is 5.73 Å². The van der Waals surface area contributed by atoms with Crippen LogP contribution in [0.25, 0.3) is 0 Å². The van der Waals surface area contributed by atoms with Gasteiger partial charge in [-0.3, -0.25) is 4.68 Å². The van der Waals surface area contributed by atoms with Crippen molar-refractivity contribution in [1.82, 2.24) is 9.78 Å². The maximum absolute atomic E-state index is 5.98. The van der Waals surface area contributed by atoms with E-state index in [9.17, 15) is 0 Å². The number of aryl methyl sites for hydroxylation is 1. The first-order valence-corrected chi connectivity index (χ1v) is 7.69. The minimum Gasteiger partial charge on any atom is -0.330 e. The van der Waals surface area contributed by atoms with Crippen LogP contribution in [0, 0.1) is 24.2 Å². The monoisotopic (exact) mass is 263 g/mol. The molecule has 0 spiro atoms. The van der Waals surface area contributed by atoms with E-state index in [1.165, 1.54) is 25.7 Å². The van der Waals surface area contributed by atoms with Gasteiger partial charge in [0.1, 0.15) is 0 Å². The summed E-state index contributed by atoms with van der Waals surface area (Å²) in [6.07, 6.45) is 7.16. The molecule has 1 aromatic heterocycles. The second-order valence-corrected chi connectivity index (χ2v) is 6.85. The Morgan fingerprint density at radius 2 is 2.16 bits per heavy atom. The van der Waals surface area contributed by atoms with Gasteiger partial charge in [0.2, 0.25) is 0 Å². The Morgan fingerprint density at radius 1 is 1.42 bits per heavy atom. The van der Waals surface area contributed by atoms with Gasteiger partial charge in [-0.25, -0.2) is 0 Å². The largest absolute Gasteiger partial charge is 0.330 e. The summed E-state index contributed by atoms with van der Waals surface area (Å²) < 4.78 is 2.17. The number of hydrogen-bond donors (Lipinski definition) is 1. The summed E-state index contributed by atoms with van der Waals surface area (Å²) in [7, 11) is 0. The van der Waals surface area contributed by atoms with E-state index in [4.69, 9.17) is 5.73 Å². The molecular formula is C16H29N3. The van der Waals surface area contributed by atoms with E-state index in [1.54, 1.807) is 0 Å². The molecule has 3 nitrogen and oxygen atoms in total. The molecule has 0 bridgehead atoms. The molecule has 2 N–H and O–H groups in total. The molecule has 19 heavy (non-hydrogen) atoms. The molecule has 0 amide bonds. The normalized spacial score (nSPS) is 28.6. The average molecular weight is 263 g/mol. The van der Waals surface area contributed by atoms with E-state index >= 15 is 0 Å². The fourth-order valence-electron chi connectivity index (χ4n) is 3.42. The molecule has 3 atom stereocenters. The molecule has 0 aliphatic heterocycles. The maximum Gasteiger partial charge on any atom is 0.0593 e. The third-order valence-corrected chi connectivity index (χ3v) is 5.36. The highest BCUT2D eigenvalue weighted by molar-refractivity contribution is 4.98. The maximum atomic E-state index is 5.98. The summed E-state index contributed by atoms with van der Waals surface area (Å²) in [5.74, 6) is 1.37. The zero-order valence-electron chi connectivity index (χ0n) is 12.9. The van der Waals surface area contributed by atoms with Crippen LogP contribution in [0.5, 0.6) is 0 Å². The number of rotatable bonds is 4. The van der Waals surface area contributed by atoms with Crippen LogP contribution < -0.4 is 5.73 Å². The van der Waals surface area contributed by atoms with Crippen LogP contribution in [0.15, 0.2) is 12.3 Å². The number of aromatic nitrogens is 2. The Kier molecular flexibility index (Phi) is 4.34. The smallest absolute Gasteiger partial charge is 0.0593 e. The highest BCUT2D eigenvalue weighted by Gasteiger charge is 2.37. The highest BCUT2D eigenvalue weighted by atomic mass is 15.3. The molecule has 1 saturated carbocycles. The van der Waals surface area contributed by atoms with Crippen molar-refractivity contribution >= 4 is 0 Å². The van der Waals surface area contributed by atoms with Crippen molar-refractivity contribution in [1.29, 1.82) is 0 Å². The lowest BCUT2D eigenvalue weighted by Crippen LogP contribution is -2.37. The molecule has 1 aliphatic rings.